The lowest BCUT2D eigenvalue weighted by atomic mass is 10.0. The van der Waals surface area contributed by atoms with Gasteiger partial charge in [0.15, 0.2) is 5.82 Å². The topological polar surface area (TPSA) is 140 Å². The van der Waals surface area contributed by atoms with Gasteiger partial charge in [0.1, 0.15) is 5.52 Å². The minimum absolute atomic E-state index is 0.00326. The van der Waals surface area contributed by atoms with Gasteiger partial charge in [-0.1, -0.05) is 13.0 Å². The summed E-state index contributed by atoms with van der Waals surface area (Å²) in [5.74, 6) is -0.492. The number of halogens is 1. The van der Waals surface area contributed by atoms with E-state index in [1.165, 1.54) is 13.2 Å². The van der Waals surface area contributed by atoms with Gasteiger partial charge in [0.2, 0.25) is 16.0 Å². The highest BCUT2D eigenvalue weighted by molar-refractivity contribution is 7.92. The van der Waals surface area contributed by atoms with Gasteiger partial charge >= 0.3 is 6.09 Å². The molecule has 0 spiro atoms. The molecule has 4 aromatic rings. The zero-order chi connectivity index (χ0) is 26.9. The van der Waals surface area contributed by atoms with E-state index in [0.29, 0.717) is 46.1 Å². The number of hydrogen-bond donors (Lipinski definition) is 3. The van der Waals surface area contributed by atoms with Crippen molar-refractivity contribution in [2.75, 3.05) is 29.4 Å². The predicted octanol–water partition coefficient (Wildman–Crippen LogP) is 4.16. The molecule has 2 heterocycles. The molecule has 0 aliphatic carbocycles. The SMILES string of the molecule is CCCS(=O)(=O)Nc1ccc2c3cnc(NC[C@H](C)NC(=O)OC)nc3c3cn(C(C)C)nc3c2c1F. The highest BCUT2D eigenvalue weighted by atomic mass is 32.2. The van der Waals surface area contributed by atoms with Gasteiger partial charge in [0, 0.05) is 47.2 Å². The van der Waals surface area contributed by atoms with Crippen LogP contribution in [0, 0.1) is 5.82 Å². The summed E-state index contributed by atoms with van der Waals surface area (Å²) in [4.78, 5) is 20.5. The third-order valence-corrected chi connectivity index (χ3v) is 7.30. The van der Waals surface area contributed by atoms with Crippen molar-refractivity contribution >= 4 is 60.3 Å². The Kier molecular flexibility index (Phi) is 7.35. The number of methoxy groups -OCH3 is 1. The van der Waals surface area contributed by atoms with E-state index in [-0.39, 0.29) is 28.9 Å². The van der Waals surface area contributed by atoms with Crippen molar-refractivity contribution < 1.29 is 22.3 Å². The second-order valence-electron chi connectivity index (χ2n) is 9.11. The normalized spacial score (nSPS) is 12.8. The van der Waals surface area contributed by atoms with Crippen molar-refractivity contribution in [3.63, 3.8) is 0 Å². The van der Waals surface area contributed by atoms with Gasteiger partial charge in [0.25, 0.3) is 0 Å². The minimum atomic E-state index is -3.69. The Hall–Kier alpha value is -3.74. The molecule has 0 saturated heterocycles. The largest absolute Gasteiger partial charge is 0.453 e. The van der Waals surface area contributed by atoms with E-state index in [4.69, 9.17) is 0 Å². The lowest BCUT2D eigenvalue weighted by molar-refractivity contribution is 0.168. The Labute approximate surface area is 213 Å². The molecule has 0 aliphatic heterocycles. The van der Waals surface area contributed by atoms with Gasteiger partial charge < -0.3 is 15.4 Å². The second kappa shape index (κ2) is 10.3. The molecule has 1 amide bonds. The molecular formula is C24H30FN7O4S. The van der Waals surface area contributed by atoms with Crippen molar-refractivity contribution in [2.45, 2.75) is 46.2 Å². The molecule has 1 atom stereocenters. The summed E-state index contributed by atoms with van der Waals surface area (Å²) in [6.07, 6.45) is 3.26. The Morgan fingerprint density at radius 2 is 1.92 bits per heavy atom. The number of carbonyl (C=O) groups is 1. The molecule has 2 aromatic heterocycles. The molecule has 0 radical (unpaired) electrons. The van der Waals surface area contributed by atoms with E-state index >= 15 is 4.39 Å². The van der Waals surface area contributed by atoms with Crippen LogP contribution in [0.2, 0.25) is 0 Å². The lowest BCUT2D eigenvalue weighted by Crippen LogP contribution is -2.37. The molecule has 198 valence electrons. The van der Waals surface area contributed by atoms with Gasteiger partial charge in [-0.2, -0.15) is 5.10 Å². The number of alkyl carbamates (subject to hydrolysis) is 1. The molecule has 4 rings (SSSR count). The average molecular weight is 532 g/mol. The summed E-state index contributed by atoms with van der Waals surface area (Å²) < 4.78 is 49.2. The maximum absolute atomic E-state index is 15.9. The smallest absolute Gasteiger partial charge is 0.407 e. The molecule has 11 nitrogen and oxygen atoms in total. The zero-order valence-electron chi connectivity index (χ0n) is 21.3. The van der Waals surface area contributed by atoms with Crippen LogP contribution in [0.25, 0.3) is 32.6 Å². The van der Waals surface area contributed by atoms with E-state index in [1.807, 2.05) is 13.8 Å². The standard InChI is InChI=1S/C24H30FN7O4S/c1-6-9-37(34,35)31-18-8-7-15-16-11-27-23(26-10-14(4)28-24(33)36-5)29-21(16)17-12-32(13(2)3)30-22(17)19(15)20(18)25/h7-8,11-14,31H,6,9-10H2,1-5H3,(H,28,33)(H,26,27,29)/t14-/m0/s1. The van der Waals surface area contributed by atoms with Crippen molar-refractivity contribution in [1.29, 1.82) is 0 Å². The number of nitrogens with one attached hydrogen (secondary N) is 3. The predicted molar refractivity (Wildman–Crippen MR) is 142 cm³/mol. The molecule has 3 N–H and O–H groups in total. The molecule has 0 saturated carbocycles. The van der Waals surface area contributed by atoms with Gasteiger partial charge in [-0.3, -0.25) is 9.40 Å². The highest BCUT2D eigenvalue weighted by Gasteiger charge is 2.22. The van der Waals surface area contributed by atoms with Crippen molar-refractivity contribution in [1.82, 2.24) is 25.1 Å². The van der Waals surface area contributed by atoms with Gasteiger partial charge in [0.05, 0.1) is 24.1 Å². The summed E-state index contributed by atoms with van der Waals surface area (Å²) in [6.45, 7) is 7.80. The van der Waals surface area contributed by atoms with Crippen molar-refractivity contribution in [3.8, 4) is 0 Å². The Balaban J connectivity index is 1.86. The van der Waals surface area contributed by atoms with Crippen LogP contribution in [-0.2, 0) is 14.8 Å². The van der Waals surface area contributed by atoms with Crippen molar-refractivity contribution in [3.05, 3.63) is 30.3 Å². The van der Waals surface area contributed by atoms with E-state index < -0.39 is 21.9 Å². The first kappa shape index (κ1) is 26.3. The Bertz CT molecular complexity index is 1590. The number of aromatic nitrogens is 4. The molecule has 0 aliphatic rings. The summed E-state index contributed by atoms with van der Waals surface area (Å²) in [5, 5.41) is 12.3. The van der Waals surface area contributed by atoms with Crippen LogP contribution < -0.4 is 15.4 Å². The van der Waals surface area contributed by atoms with Crippen LogP contribution in [0.4, 0.5) is 20.8 Å². The first-order chi connectivity index (χ1) is 17.5. The number of carbonyl (C=O) groups excluding carboxylic acids is 1. The molecule has 0 unspecified atom stereocenters. The number of benzene rings is 2. The third kappa shape index (κ3) is 5.36. The van der Waals surface area contributed by atoms with E-state index in [1.54, 1.807) is 37.0 Å². The lowest BCUT2D eigenvalue weighted by Gasteiger charge is -2.14. The number of fused-ring (bicyclic) bond motifs is 6. The van der Waals surface area contributed by atoms with Gasteiger partial charge in [-0.25, -0.2) is 27.6 Å². The molecule has 2 aromatic carbocycles. The Morgan fingerprint density at radius 1 is 1.16 bits per heavy atom. The maximum Gasteiger partial charge on any atom is 0.407 e. The van der Waals surface area contributed by atoms with Crippen LogP contribution in [0.3, 0.4) is 0 Å². The fraction of sp³-hybridized carbons (Fsp3) is 0.417. The quantitative estimate of drug-likeness (QED) is 0.274. The number of sulfonamides is 1. The number of anilines is 2. The monoisotopic (exact) mass is 531 g/mol. The van der Waals surface area contributed by atoms with Gasteiger partial charge in [-0.15, -0.1) is 0 Å². The maximum atomic E-state index is 15.9. The number of nitrogens with zero attached hydrogens (tertiary/aromatic N) is 4. The number of hydrogen-bond acceptors (Lipinski definition) is 8. The van der Waals surface area contributed by atoms with Crippen LogP contribution in [0.15, 0.2) is 24.5 Å². The fourth-order valence-electron chi connectivity index (χ4n) is 4.04. The average Bonchev–Trinajstić information content (AvgIpc) is 3.30. The molecule has 0 fully saturated rings. The Morgan fingerprint density at radius 3 is 2.59 bits per heavy atom. The highest BCUT2D eigenvalue weighted by Crippen LogP contribution is 2.37. The third-order valence-electron chi connectivity index (χ3n) is 5.83. The van der Waals surface area contributed by atoms with Crippen LogP contribution >= 0.6 is 0 Å². The minimum Gasteiger partial charge on any atom is -0.453 e. The van der Waals surface area contributed by atoms with Crippen molar-refractivity contribution in [2.24, 2.45) is 0 Å². The molecular weight excluding hydrogens is 501 g/mol. The summed E-state index contributed by atoms with van der Waals surface area (Å²) in [5.41, 5.74) is 0.807. The summed E-state index contributed by atoms with van der Waals surface area (Å²) in [7, 11) is -2.40. The van der Waals surface area contributed by atoms with E-state index in [9.17, 15) is 13.2 Å². The van der Waals surface area contributed by atoms with Crippen LogP contribution in [0.5, 0.6) is 0 Å². The first-order valence-electron chi connectivity index (χ1n) is 11.9. The molecule has 37 heavy (non-hydrogen) atoms. The molecule has 0 bridgehead atoms. The van der Waals surface area contributed by atoms with Gasteiger partial charge in [-0.05, 0) is 38.6 Å². The summed E-state index contributed by atoms with van der Waals surface area (Å²) >= 11 is 0. The van der Waals surface area contributed by atoms with Crippen LogP contribution in [-0.4, -0.2) is 59.7 Å². The number of ether oxygens (including phenoxy) is 1. The fourth-order valence-corrected chi connectivity index (χ4v) is 5.17. The number of rotatable bonds is 9. The van der Waals surface area contributed by atoms with E-state index in [2.05, 4.69) is 35.2 Å². The summed E-state index contributed by atoms with van der Waals surface area (Å²) in [6, 6.07) is 2.80. The number of amides is 1. The second-order valence-corrected chi connectivity index (χ2v) is 11.0. The first-order valence-corrected chi connectivity index (χ1v) is 13.6. The molecule has 13 heteroatoms. The van der Waals surface area contributed by atoms with E-state index in [0.717, 1.165) is 0 Å². The zero-order valence-corrected chi connectivity index (χ0v) is 22.1. The van der Waals surface area contributed by atoms with Crippen LogP contribution in [0.1, 0.15) is 40.2 Å².